The molecule has 74 valence electrons. The third-order valence-electron chi connectivity index (χ3n) is 2.06. The van der Waals surface area contributed by atoms with E-state index < -0.39 is 0 Å². The first kappa shape index (κ1) is 10.6. The maximum atomic E-state index is 8.51. The minimum Gasteiger partial charge on any atom is -0.489 e. The Bertz CT molecular complexity index is 327. The van der Waals surface area contributed by atoms with Gasteiger partial charge in [-0.05, 0) is 25.0 Å². The fourth-order valence-corrected chi connectivity index (χ4v) is 1.30. The number of ether oxygens (including phenoxy) is 1. The van der Waals surface area contributed by atoms with Crippen molar-refractivity contribution in [3.05, 3.63) is 29.8 Å². The first-order valence-electron chi connectivity index (χ1n) is 4.89. The van der Waals surface area contributed by atoms with E-state index in [1.807, 2.05) is 25.1 Å². The molecule has 1 atom stereocenters. The molecule has 2 nitrogen and oxygen atoms in total. The van der Waals surface area contributed by atoms with Gasteiger partial charge >= 0.3 is 0 Å². The minimum absolute atomic E-state index is 0.0345. The van der Waals surface area contributed by atoms with Gasteiger partial charge in [0.1, 0.15) is 11.9 Å². The molecule has 0 aliphatic heterocycles. The lowest BCUT2D eigenvalue weighted by Crippen LogP contribution is -2.11. The van der Waals surface area contributed by atoms with Gasteiger partial charge in [-0.25, -0.2) is 0 Å². The zero-order chi connectivity index (χ0) is 10.4. The quantitative estimate of drug-likeness (QED) is 0.729. The van der Waals surface area contributed by atoms with Gasteiger partial charge in [0.2, 0.25) is 0 Å². The van der Waals surface area contributed by atoms with E-state index in [0.29, 0.717) is 6.42 Å². The van der Waals surface area contributed by atoms with Crippen LogP contribution in [0.5, 0.6) is 5.75 Å². The highest BCUT2D eigenvalue weighted by atomic mass is 16.5. The van der Waals surface area contributed by atoms with Gasteiger partial charge in [-0.2, -0.15) is 5.26 Å². The molecule has 0 aliphatic carbocycles. The second kappa shape index (κ2) is 5.29. The summed E-state index contributed by atoms with van der Waals surface area (Å²) in [4.78, 5) is 0. The fraction of sp³-hybridized carbons (Fsp3) is 0.417. The molecule has 0 saturated carbocycles. The van der Waals surface area contributed by atoms with E-state index in [1.165, 1.54) is 5.56 Å². The average molecular weight is 189 g/mol. The van der Waals surface area contributed by atoms with Crippen LogP contribution in [-0.2, 0) is 6.42 Å². The van der Waals surface area contributed by atoms with E-state index in [2.05, 4.69) is 19.1 Å². The van der Waals surface area contributed by atoms with Gasteiger partial charge in [-0.3, -0.25) is 0 Å². The predicted octanol–water partition coefficient (Wildman–Crippen LogP) is 2.93. The largest absolute Gasteiger partial charge is 0.489 e. The Kier molecular flexibility index (Phi) is 4.00. The van der Waals surface area contributed by atoms with Crippen LogP contribution >= 0.6 is 0 Å². The number of aryl methyl sites for hydroxylation is 1. The van der Waals surface area contributed by atoms with Crippen molar-refractivity contribution in [2.45, 2.75) is 32.8 Å². The van der Waals surface area contributed by atoms with E-state index in [1.54, 1.807) is 0 Å². The highest BCUT2D eigenvalue weighted by Gasteiger charge is 2.05. The highest BCUT2D eigenvalue weighted by Crippen LogP contribution is 2.20. The predicted molar refractivity (Wildman–Crippen MR) is 56.1 cm³/mol. The molecule has 0 heterocycles. The zero-order valence-electron chi connectivity index (χ0n) is 8.66. The van der Waals surface area contributed by atoms with Crippen molar-refractivity contribution in [2.24, 2.45) is 0 Å². The number of rotatable bonds is 4. The van der Waals surface area contributed by atoms with Crippen LogP contribution in [0.3, 0.4) is 0 Å². The normalized spacial score (nSPS) is 11.8. The van der Waals surface area contributed by atoms with Gasteiger partial charge in [0.05, 0.1) is 12.5 Å². The summed E-state index contributed by atoms with van der Waals surface area (Å²) in [5.74, 6) is 0.901. The summed E-state index contributed by atoms with van der Waals surface area (Å²) < 4.78 is 5.65. The SMILES string of the molecule is CCc1ccccc1OC(C)CC#N. The molecule has 0 bridgehead atoms. The highest BCUT2D eigenvalue weighted by molar-refractivity contribution is 5.33. The molecule has 2 heteroatoms. The Morgan fingerprint density at radius 1 is 1.43 bits per heavy atom. The summed E-state index contributed by atoms with van der Waals surface area (Å²) in [6.45, 7) is 4.01. The Morgan fingerprint density at radius 3 is 2.79 bits per heavy atom. The van der Waals surface area contributed by atoms with E-state index in [4.69, 9.17) is 10.00 Å². The van der Waals surface area contributed by atoms with Crippen LogP contribution in [0.2, 0.25) is 0 Å². The fourth-order valence-electron chi connectivity index (χ4n) is 1.30. The van der Waals surface area contributed by atoms with Crippen molar-refractivity contribution in [2.75, 3.05) is 0 Å². The lowest BCUT2D eigenvalue weighted by molar-refractivity contribution is 0.225. The molecule has 1 aromatic carbocycles. The van der Waals surface area contributed by atoms with Crippen LogP contribution in [0.25, 0.3) is 0 Å². The molecular formula is C12H15NO. The molecule has 0 fully saturated rings. The van der Waals surface area contributed by atoms with Gasteiger partial charge in [0.25, 0.3) is 0 Å². The van der Waals surface area contributed by atoms with Crippen LogP contribution in [0.15, 0.2) is 24.3 Å². The topological polar surface area (TPSA) is 33.0 Å². The van der Waals surface area contributed by atoms with Gasteiger partial charge in [-0.15, -0.1) is 0 Å². The summed E-state index contributed by atoms with van der Waals surface area (Å²) in [5, 5.41) is 8.51. The molecule has 0 N–H and O–H groups in total. The second-order valence-electron chi connectivity index (χ2n) is 3.25. The van der Waals surface area contributed by atoms with Crippen molar-refractivity contribution in [3.63, 3.8) is 0 Å². The van der Waals surface area contributed by atoms with Crippen LogP contribution in [0.4, 0.5) is 0 Å². The number of nitrogens with zero attached hydrogens (tertiary/aromatic N) is 1. The molecule has 0 radical (unpaired) electrons. The van der Waals surface area contributed by atoms with E-state index in [0.717, 1.165) is 12.2 Å². The first-order valence-corrected chi connectivity index (χ1v) is 4.89. The second-order valence-corrected chi connectivity index (χ2v) is 3.25. The van der Waals surface area contributed by atoms with Gasteiger partial charge in [0.15, 0.2) is 0 Å². The monoisotopic (exact) mass is 189 g/mol. The molecule has 1 aromatic rings. The summed E-state index contributed by atoms with van der Waals surface area (Å²) >= 11 is 0. The Morgan fingerprint density at radius 2 is 2.14 bits per heavy atom. The lowest BCUT2D eigenvalue weighted by Gasteiger charge is -2.14. The van der Waals surface area contributed by atoms with Gasteiger partial charge in [-0.1, -0.05) is 25.1 Å². The number of benzene rings is 1. The Labute approximate surface area is 85.1 Å². The third kappa shape index (κ3) is 2.77. The van der Waals surface area contributed by atoms with Crippen molar-refractivity contribution in [3.8, 4) is 11.8 Å². The molecule has 0 saturated heterocycles. The number of para-hydroxylation sites is 1. The first-order chi connectivity index (χ1) is 6.77. The lowest BCUT2D eigenvalue weighted by atomic mass is 10.1. The number of nitriles is 1. The molecule has 14 heavy (non-hydrogen) atoms. The molecular weight excluding hydrogens is 174 g/mol. The van der Waals surface area contributed by atoms with E-state index in [-0.39, 0.29) is 6.10 Å². The molecule has 0 spiro atoms. The summed E-state index contributed by atoms with van der Waals surface area (Å²) in [6.07, 6.45) is 1.35. The van der Waals surface area contributed by atoms with Crippen LogP contribution in [-0.4, -0.2) is 6.10 Å². The van der Waals surface area contributed by atoms with Crippen LogP contribution < -0.4 is 4.74 Å². The van der Waals surface area contributed by atoms with Crippen molar-refractivity contribution < 1.29 is 4.74 Å². The Hall–Kier alpha value is -1.49. The smallest absolute Gasteiger partial charge is 0.122 e. The van der Waals surface area contributed by atoms with E-state index in [9.17, 15) is 0 Å². The summed E-state index contributed by atoms with van der Waals surface area (Å²) in [5.41, 5.74) is 1.19. The summed E-state index contributed by atoms with van der Waals surface area (Å²) in [6, 6.07) is 10.1. The van der Waals surface area contributed by atoms with Crippen LogP contribution in [0, 0.1) is 11.3 Å². The Balaban J connectivity index is 2.71. The average Bonchev–Trinajstić information content (AvgIpc) is 2.19. The van der Waals surface area contributed by atoms with Gasteiger partial charge in [0, 0.05) is 0 Å². The summed E-state index contributed by atoms with van der Waals surface area (Å²) in [7, 11) is 0. The van der Waals surface area contributed by atoms with Gasteiger partial charge < -0.3 is 4.74 Å². The van der Waals surface area contributed by atoms with Crippen LogP contribution in [0.1, 0.15) is 25.8 Å². The van der Waals surface area contributed by atoms with Crippen molar-refractivity contribution >= 4 is 0 Å². The minimum atomic E-state index is -0.0345. The molecule has 0 aromatic heterocycles. The molecule has 1 unspecified atom stereocenters. The van der Waals surface area contributed by atoms with Crippen molar-refractivity contribution in [1.82, 2.24) is 0 Å². The maximum absolute atomic E-state index is 8.51. The molecule has 0 amide bonds. The number of hydrogen-bond donors (Lipinski definition) is 0. The maximum Gasteiger partial charge on any atom is 0.122 e. The third-order valence-corrected chi connectivity index (χ3v) is 2.06. The standard InChI is InChI=1S/C12H15NO/c1-3-11-6-4-5-7-12(11)14-10(2)8-9-13/h4-7,10H,3,8H2,1-2H3. The molecule has 1 rings (SSSR count). The van der Waals surface area contributed by atoms with E-state index >= 15 is 0 Å². The number of hydrogen-bond acceptors (Lipinski definition) is 2. The zero-order valence-corrected chi connectivity index (χ0v) is 8.66. The van der Waals surface area contributed by atoms with Crippen molar-refractivity contribution in [1.29, 1.82) is 5.26 Å². The molecule has 0 aliphatic rings.